The smallest absolute Gasteiger partial charge is 0.246 e. The lowest BCUT2D eigenvalue weighted by molar-refractivity contribution is -0.150. The monoisotopic (exact) mass is 330 g/mol. The Kier molecular flexibility index (Phi) is 5.31. The molecule has 2 saturated heterocycles. The van der Waals surface area contributed by atoms with Crippen molar-refractivity contribution in [2.24, 2.45) is 0 Å². The number of nitrogens with zero attached hydrogens (tertiary/aromatic N) is 1. The number of ether oxygens (including phenoxy) is 1. The third kappa shape index (κ3) is 4.22. The van der Waals surface area contributed by atoms with E-state index in [1.54, 1.807) is 0 Å². The summed E-state index contributed by atoms with van der Waals surface area (Å²) in [5.74, 6) is 0.208. The van der Waals surface area contributed by atoms with Crippen molar-refractivity contribution in [2.45, 2.75) is 38.2 Å². The first-order valence-corrected chi connectivity index (χ1v) is 8.79. The number of Topliss-reactive ketones (excluding diaryl/α,β-unsaturated/α-hetero) is 1. The number of amides is 1. The van der Waals surface area contributed by atoms with Crippen molar-refractivity contribution in [2.75, 3.05) is 32.8 Å². The lowest BCUT2D eigenvalue weighted by atomic mass is 9.90. The zero-order valence-electron chi connectivity index (χ0n) is 14.3. The van der Waals surface area contributed by atoms with Gasteiger partial charge in [-0.25, -0.2) is 0 Å². The van der Waals surface area contributed by atoms with E-state index in [1.165, 1.54) is 5.56 Å². The molecule has 1 spiro atoms. The fourth-order valence-electron chi connectivity index (χ4n) is 3.43. The minimum atomic E-state index is -0.165. The van der Waals surface area contributed by atoms with Crippen LogP contribution in [0.5, 0.6) is 0 Å². The van der Waals surface area contributed by atoms with Crippen molar-refractivity contribution in [3.63, 3.8) is 0 Å². The maximum Gasteiger partial charge on any atom is 0.246 e. The highest BCUT2D eigenvalue weighted by atomic mass is 16.5. The summed E-state index contributed by atoms with van der Waals surface area (Å²) >= 11 is 0. The molecule has 0 bridgehead atoms. The molecule has 1 aromatic carbocycles. The van der Waals surface area contributed by atoms with E-state index in [2.05, 4.69) is 10.2 Å². The summed E-state index contributed by atoms with van der Waals surface area (Å²) in [6.07, 6.45) is 3.37. The normalized spacial score (nSPS) is 20.8. The lowest BCUT2D eigenvalue weighted by Crippen LogP contribution is -2.57. The van der Waals surface area contributed by atoms with Gasteiger partial charge in [-0.15, -0.1) is 0 Å². The molecule has 0 saturated carbocycles. The number of piperidine rings is 1. The van der Waals surface area contributed by atoms with Gasteiger partial charge in [0.1, 0.15) is 6.61 Å². The van der Waals surface area contributed by atoms with Gasteiger partial charge in [0.2, 0.25) is 5.91 Å². The van der Waals surface area contributed by atoms with Crippen LogP contribution < -0.4 is 5.32 Å². The Hall–Kier alpha value is -1.72. The molecular weight excluding hydrogens is 304 g/mol. The van der Waals surface area contributed by atoms with Crippen LogP contribution in [0.25, 0.3) is 0 Å². The second kappa shape index (κ2) is 7.45. The highest BCUT2D eigenvalue weighted by Crippen LogP contribution is 2.27. The van der Waals surface area contributed by atoms with E-state index < -0.39 is 0 Å². The minimum Gasteiger partial charge on any atom is -0.363 e. The van der Waals surface area contributed by atoms with Gasteiger partial charge in [0, 0.05) is 31.6 Å². The summed E-state index contributed by atoms with van der Waals surface area (Å²) in [6.45, 7) is 5.72. The van der Waals surface area contributed by atoms with Gasteiger partial charge in [0.15, 0.2) is 5.78 Å². The van der Waals surface area contributed by atoms with E-state index in [4.69, 9.17) is 4.74 Å². The number of likely N-dealkylation sites (tertiary alicyclic amines) is 1. The Bertz CT molecular complexity index is 577. The molecule has 130 valence electrons. The van der Waals surface area contributed by atoms with Crippen LogP contribution in [0.3, 0.4) is 0 Å². The second-order valence-electron chi connectivity index (χ2n) is 6.98. The average molecular weight is 330 g/mol. The van der Waals surface area contributed by atoms with E-state index in [0.717, 1.165) is 44.5 Å². The van der Waals surface area contributed by atoms with Crippen LogP contribution in [-0.2, 0) is 9.53 Å². The number of hydrogen-bond acceptors (Lipinski definition) is 4. The summed E-state index contributed by atoms with van der Waals surface area (Å²) in [7, 11) is 0. The molecule has 1 amide bonds. The fraction of sp³-hybridized carbons (Fsp3) is 0.579. The summed E-state index contributed by atoms with van der Waals surface area (Å²) in [4.78, 5) is 25.8. The van der Waals surface area contributed by atoms with Crippen LogP contribution in [-0.4, -0.2) is 55.0 Å². The molecule has 2 aliphatic heterocycles. The predicted molar refractivity (Wildman–Crippen MR) is 92.1 cm³/mol. The van der Waals surface area contributed by atoms with E-state index in [0.29, 0.717) is 13.0 Å². The van der Waals surface area contributed by atoms with Gasteiger partial charge in [-0.05, 0) is 32.7 Å². The van der Waals surface area contributed by atoms with Crippen molar-refractivity contribution >= 4 is 11.7 Å². The van der Waals surface area contributed by atoms with Crippen LogP contribution in [0.15, 0.2) is 24.3 Å². The van der Waals surface area contributed by atoms with Gasteiger partial charge in [-0.1, -0.05) is 29.8 Å². The Balaban J connectivity index is 1.38. The summed E-state index contributed by atoms with van der Waals surface area (Å²) < 4.78 is 5.78. The number of morpholine rings is 1. The summed E-state index contributed by atoms with van der Waals surface area (Å²) in [6, 6.07) is 7.80. The molecule has 3 rings (SSSR count). The summed E-state index contributed by atoms with van der Waals surface area (Å²) in [5, 5.41) is 2.91. The highest BCUT2D eigenvalue weighted by molar-refractivity contribution is 5.96. The molecule has 0 radical (unpaired) electrons. The molecule has 1 aromatic rings. The van der Waals surface area contributed by atoms with E-state index in [1.807, 2.05) is 31.2 Å². The molecule has 0 aromatic heterocycles. The first-order valence-electron chi connectivity index (χ1n) is 8.79. The quantitative estimate of drug-likeness (QED) is 0.838. The first-order chi connectivity index (χ1) is 11.6. The molecule has 2 aliphatic rings. The van der Waals surface area contributed by atoms with Crippen molar-refractivity contribution < 1.29 is 14.3 Å². The van der Waals surface area contributed by atoms with Crippen molar-refractivity contribution in [1.29, 1.82) is 0 Å². The van der Waals surface area contributed by atoms with Gasteiger partial charge < -0.3 is 15.0 Å². The predicted octanol–water partition coefficient (Wildman–Crippen LogP) is 1.94. The molecule has 2 heterocycles. The average Bonchev–Trinajstić information content (AvgIpc) is 2.60. The van der Waals surface area contributed by atoms with E-state index >= 15 is 0 Å². The van der Waals surface area contributed by atoms with E-state index in [9.17, 15) is 9.59 Å². The van der Waals surface area contributed by atoms with Crippen molar-refractivity contribution in [3.8, 4) is 0 Å². The number of carbonyl (C=O) groups is 2. The molecule has 0 atom stereocenters. The van der Waals surface area contributed by atoms with E-state index in [-0.39, 0.29) is 23.9 Å². The van der Waals surface area contributed by atoms with Gasteiger partial charge in [-0.2, -0.15) is 0 Å². The lowest BCUT2D eigenvalue weighted by Gasteiger charge is -2.43. The number of rotatable bonds is 5. The molecule has 5 heteroatoms. The number of carbonyl (C=O) groups excluding carboxylic acids is 2. The molecule has 0 aliphatic carbocycles. The Morgan fingerprint density at radius 3 is 2.58 bits per heavy atom. The number of nitrogens with one attached hydrogen (secondary N) is 1. The number of benzene rings is 1. The topological polar surface area (TPSA) is 58.6 Å². The number of aryl methyl sites for hydroxylation is 1. The largest absolute Gasteiger partial charge is 0.363 e. The van der Waals surface area contributed by atoms with Crippen LogP contribution in [0.1, 0.15) is 41.6 Å². The van der Waals surface area contributed by atoms with Crippen LogP contribution >= 0.6 is 0 Å². The fourth-order valence-corrected chi connectivity index (χ4v) is 3.43. The number of hydrogen-bond donors (Lipinski definition) is 1. The highest BCUT2D eigenvalue weighted by Gasteiger charge is 2.38. The Morgan fingerprint density at radius 1 is 1.25 bits per heavy atom. The van der Waals surface area contributed by atoms with Gasteiger partial charge in [-0.3, -0.25) is 9.59 Å². The van der Waals surface area contributed by atoms with Crippen LogP contribution in [0, 0.1) is 6.92 Å². The first kappa shape index (κ1) is 17.1. The molecule has 2 fully saturated rings. The van der Waals surface area contributed by atoms with Crippen molar-refractivity contribution in [3.05, 3.63) is 35.4 Å². The molecule has 5 nitrogen and oxygen atoms in total. The SMILES string of the molecule is Cc1ccc(C(=O)CCCN2CCC3(CC2)CNC(=O)CO3)cc1. The van der Waals surface area contributed by atoms with Gasteiger partial charge >= 0.3 is 0 Å². The van der Waals surface area contributed by atoms with Gasteiger partial charge in [0.05, 0.1) is 5.60 Å². The van der Waals surface area contributed by atoms with Crippen molar-refractivity contribution in [1.82, 2.24) is 10.2 Å². The summed E-state index contributed by atoms with van der Waals surface area (Å²) in [5.41, 5.74) is 1.82. The van der Waals surface area contributed by atoms with Crippen LogP contribution in [0.2, 0.25) is 0 Å². The molecule has 0 unspecified atom stereocenters. The standard InChI is InChI=1S/C19H26N2O3/c1-15-4-6-16(7-5-15)17(22)3-2-10-21-11-8-19(9-12-21)14-20-18(23)13-24-19/h4-7H,2-3,8-14H2,1H3,(H,20,23). The maximum atomic E-state index is 12.2. The zero-order chi connectivity index (χ0) is 17.0. The number of ketones is 1. The third-order valence-corrected chi connectivity index (χ3v) is 5.14. The molecular formula is C19H26N2O3. The maximum absolute atomic E-state index is 12.2. The Labute approximate surface area is 143 Å². The second-order valence-corrected chi connectivity index (χ2v) is 6.98. The molecule has 24 heavy (non-hydrogen) atoms. The molecule has 1 N–H and O–H groups in total. The van der Waals surface area contributed by atoms with Gasteiger partial charge in [0.25, 0.3) is 0 Å². The third-order valence-electron chi connectivity index (χ3n) is 5.14. The minimum absolute atomic E-state index is 0.0160. The Morgan fingerprint density at radius 2 is 1.96 bits per heavy atom. The van der Waals surface area contributed by atoms with Crippen LogP contribution in [0.4, 0.5) is 0 Å². The zero-order valence-corrected chi connectivity index (χ0v) is 14.3.